The van der Waals surface area contributed by atoms with Gasteiger partial charge in [-0.05, 0) is 36.1 Å². The van der Waals surface area contributed by atoms with E-state index in [9.17, 15) is 0 Å². The third-order valence-corrected chi connectivity index (χ3v) is 2.13. The van der Waals surface area contributed by atoms with E-state index in [0.717, 1.165) is 5.75 Å². The quantitative estimate of drug-likeness (QED) is 0.705. The van der Waals surface area contributed by atoms with E-state index in [-0.39, 0.29) is 0 Å². The van der Waals surface area contributed by atoms with Crippen LogP contribution in [0, 0.1) is 5.92 Å². The standard InChI is InChI=1S/C13H18O/c1-10(2)9-11(3)12-5-7-13(14-4)8-6-12/h5-10H,1-4H3/b11-9-. The van der Waals surface area contributed by atoms with E-state index < -0.39 is 0 Å². The lowest BCUT2D eigenvalue weighted by Crippen LogP contribution is -1.86. The van der Waals surface area contributed by atoms with E-state index in [1.165, 1.54) is 11.1 Å². The number of hydrogen-bond donors (Lipinski definition) is 0. The van der Waals surface area contributed by atoms with Crippen molar-refractivity contribution >= 4 is 5.57 Å². The van der Waals surface area contributed by atoms with Crippen LogP contribution in [0.3, 0.4) is 0 Å². The smallest absolute Gasteiger partial charge is 0.118 e. The van der Waals surface area contributed by atoms with Crippen molar-refractivity contribution < 1.29 is 4.74 Å². The average molecular weight is 190 g/mol. The van der Waals surface area contributed by atoms with E-state index in [2.05, 4.69) is 39.0 Å². The zero-order chi connectivity index (χ0) is 10.6. The third kappa shape index (κ3) is 2.91. The molecule has 0 aliphatic heterocycles. The zero-order valence-electron chi connectivity index (χ0n) is 9.37. The Kier molecular flexibility index (Phi) is 3.75. The topological polar surface area (TPSA) is 9.23 Å². The number of ether oxygens (including phenoxy) is 1. The van der Waals surface area contributed by atoms with Gasteiger partial charge in [0.25, 0.3) is 0 Å². The molecule has 1 nitrogen and oxygen atoms in total. The van der Waals surface area contributed by atoms with Crippen LogP contribution in [0.4, 0.5) is 0 Å². The van der Waals surface area contributed by atoms with Gasteiger partial charge < -0.3 is 4.74 Å². The van der Waals surface area contributed by atoms with Crippen molar-refractivity contribution in [1.82, 2.24) is 0 Å². The van der Waals surface area contributed by atoms with Gasteiger partial charge in [0.1, 0.15) is 5.75 Å². The van der Waals surface area contributed by atoms with Gasteiger partial charge in [0, 0.05) is 0 Å². The van der Waals surface area contributed by atoms with Gasteiger partial charge in [-0.1, -0.05) is 32.1 Å². The van der Waals surface area contributed by atoms with Crippen LogP contribution in [-0.2, 0) is 0 Å². The summed E-state index contributed by atoms with van der Waals surface area (Å²) in [6.07, 6.45) is 2.27. The lowest BCUT2D eigenvalue weighted by atomic mass is 10.0. The number of rotatable bonds is 3. The molecule has 0 spiro atoms. The highest BCUT2D eigenvalue weighted by atomic mass is 16.5. The lowest BCUT2D eigenvalue weighted by Gasteiger charge is -2.05. The van der Waals surface area contributed by atoms with Crippen LogP contribution < -0.4 is 4.74 Å². The molecule has 1 rings (SSSR count). The molecular formula is C13H18O. The number of allylic oxidation sites excluding steroid dienone is 2. The molecule has 0 fully saturated rings. The molecule has 76 valence electrons. The van der Waals surface area contributed by atoms with Crippen LogP contribution in [0.2, 0.25) is 0 Å². The summed E-state index contributed by atoms with van der Waals surface area (Å²) in [5.74, 6) is 1.50. The molecule has 0 atom stereocenters. The van der Waals surface area contributed by atoms with Gasteiger partial charge in [-0.15, -0.1) is 0 Å². The van der Waals surface area contributed by atoms with Gasteiger partial charge in [0.05, 0.1) is 7.11 Å². The maximum absolute atomic E-state index is 5.11. The van der Waals surface area contributed by atoms with Crippen molar-refractivity contribution in [1.29, 1.82) is 0 Å². The maximum atomic E-state index is 5.11. The fraction of sp³-hybridized carbons (Fsp3) is 0.385. The SMILES string of the molecule is COc1ccc(/C(C)=C\C(C)C)cc1. The van der Waals surface area contributed by atoms with Crippen molar-refractivity contribution in [3.8, 4) is 5.75 Å². The van der Waals surface area contributed by atoms with Crippen molar-refractivity contribution in [2.75, 3.05) is 7.11 Å². The van der Waals surface area contributed by atoms with Crippen LogP contribution in [0.1, 0.15) is 26.3 Å². The molecule has 0 unspecified atom stereocenters. The molecule has 0 saturated carbocycles. The fourth-order valence-electron chi connectivity index (χ4n) is 1.45. The van der Waals surface area contributed by atoms with Crippen LogP contribution in [0.5, 0.6) is 5.75 Å². The molecule has 0 bridgehead atoms. The largest absolute Gasteiger partial charge is 0.497 e. The molecule has 1 heteroatoms. The van der Waals surface area contributed by atoms with Crippen LogP contribution in [0.25, 0.3) is 5.57 Å². The Hall–Kier alpha value is -1.24. The highest BCUT2D eigenvalue weighted by Gasteiger charge is 1.97. The fourth-order valence-corrected chi connectivity index (χ4v) is 1.45. The maximum Gasteiger partial charge on any atom is 0.118 e. The van der Waals surface area contributed by atoms with Crippen molar-refractivity contribution in [3.63, 3.8) is 0 Å². The number of hydrogen-bond acceptors (Lipinski definition) is 1. The Morgan fingerprint density at radius 1 is 1.21 bits per heavy atom. The predicted octanol–water partition coefficient (Wildman–Crippen LogP) is 3.75. The molecule has 1 aromatic carbocycles. The summed E-state index contributed by atoms with van der Waals surface area (Å²) < 4.78 is 5.11. The van der Waals surface area contributed by atoms with E-state index in [0.29, 0.717) is 5.92 Å². The Labute approximate surface area is 86.4 Å². The summed E-state index contributed by atoms with van der Waals surface area (Å²) >= 11 is 0. The normalized spacial score (nSPS) is 11.9. The molecule has 0 aromatic heterocycles. The first-order valence-corrected chi connectivity index (χ1v) is 4.96. The van der Waals surface area contributed by atoms with E-state index in [1.54, 1.807) is 7.11 Å². The monoisotopic (exact) mass is 190 g/mol. The Morgan fingerprint density at radius 3 is 2.21 bits per heavy atom. The number of benzene rings is 1. The minimum Gasteiger partial charge on any atom is -0.497 e. The first kappa shape index (κ1) is 10.8. The molecule has 14 heavy (non-hydrogen) atoms. The van der Waals surface area contributed by atoms with Gasteiger partial charge in [0.15, 0.2) is 0 Å². The van der Waals surface area contributed by atoms with Crippen LogP contribution in [-0.4, -0.2) is 7.11 Å². The van der Waals surface area contributed by atoms with Crippen molar-refractivity contribution in [2.24, 2.45) is 5.92 Å². The zero-order valence-corrected chi connectivity index (χ0v) is 9.37. The molecular weight excluding hydrogens is 172 g/mol. The average Bonchev–Trinajstić information content (AvgIpc) is 2.17. The van der Waals surface area contributed by atoms with Gasteiger partial charge in [-0.2, -0.15) is 0 Å². The third-order valence-electron chi connectivity index (χ3n) is 2.13. The van der Waals surface area contributed by atoms with Crippen molar-refractivity contribution in [3.05, 3.63) is 35.9 Å². The molecule has 0 saturated heterocycles. The minimum atomic E-state index is 0.595. The van der Waals surface area contributed by atoms with Gasteiger partial charge >= 0.3 is 0 Å². The van der Waals surface area contributed by atoms with Crippen LogP contribution in [0.15, 0.2) is 30.3 Å². The second-order valence-corrected chi connectivity index (χ2v) is 3.82. The summed E-state index contributed by atoms with van der Waals surface area (Å²) in [5.41, 5.74) is 2.59. The van der Waals surface area contributed by atoms with E-state index in [1.807, 2.05) is 12.1 Å². The first-order chi connectivity index (χ1) is 6.63. The number of methoxy groups -OCH3 is 1. The summed E-state index contributed by atoms with van der Waals surface area (Å²) in [6, 6.07) is 8.17. The Balaban J connectivity index is 2.86. The Morgan fingerprint density at radius 2 is 1.79 bits per heavy atom. The molecule has 0 aliphatic carbocycles. The predicted molar refractivity (Wildman–Crippen MR) is 61.5 cm³/mol. The van der Waals surface area contributed by atoms with Gasteiger partial charge in [0.2, 0.25) is 0 Å². The molecule has 0 amide bonds. The van der Waals surface area contributed by atoms with Gasteiger partial charge in [-0.3, -0.25) is 0 Å². The summed E-state index contributed by atoms with van der Waals surface area (Å²) in [5, 5.41) is 0. The lowest BCUT2D eigenvalue weighted by molar-refractivity contribution is 0.415. The second kappa shape index (κ2) is 4.85. The highest BCUT2D eigenvalue weighted by Crippen LogP contribution is 2.19. The molecule has 0 aliphatic rings. The Bertz CT molecular complexity index is 307. The molecule has 0 heterocycles. The second-order valence-electron chi connectivity index (χ2n) is 3.82. The minimum absolute atomic E-state index is 0.595. The highest BCUT2D eigenvalue weighted by molar-refractivity contribution is 5.64. The molecule has 1 aromatic rings. The molecule has 0 radical (unpaired) electrons. The van der Waals surface area contributed by atoms with E-state index >= 15 is 0 Å². The summed E-state index contributed by atoms with van der Waals surface area (Å²) in [4.78, 5) is 0. The molecule has 0 N–H and O–H groups in total. The van der Waals surface area contributed by atoms with Gasteiger partial charge in [-0.25, -0.2) is 0 Å². The van der Waals surface area contributed by atoms with E-state index in [4.69, 9.17) is 4.74 Å². The van der Waals surface area contributed by atoms with Crippen molar-refractivity contribution in [2.45, 2.75) is 20.8 Å². The summed E-state index contributed by atoms with van der Waals surface area (Å²) in [6.45, 7) is 6.52. The summed E-state index contributed by atoms with van der Waals surface area (Å²) in [7, 11) is 1.69. The first-order valence-electron chi connectivity index (χ1n) is 4.96. The van der Waals surface area contributed by atoms with Crippen LogP contribution >= 0.6 is 0 Å².